The van der Waals surface area contributed by atoms with Gasteiger partial charge in [0.1, 0.15) is 5.82 Å². The van der Waals surface area contributed by atoms with Crippen LogP contribution < -0.4 is 5.32 Å². The number of aromatic nitrogens is 3. The molecule has 0 aliphatic carbocycles. The standard InChI is InChI=1S/C24H20ClFN4OS/c25-18-5-9-21(10-6-18)30-22(17-3-7-19(26)8-4-17)16-28-24(30)32-15-1-2-23(31)29-20-11-13-27-14-12-20/h3-14,16H,1-2,15H2,(H,27,29,31). The fourth-order valence-corrected chi connectivity index (χ4v) is 4.21. The van der Waals surface area contributed by atoms with Crippen LogP contribution in [0.1, 0.15) is 12.8 Å². The Hall–Kier alpha value is -3.16. The number of rotatable bonds is 8. The summed E-state index contributed by atoms with van der Waals surface area (Å²) in [4.78, 5) is 20.7. The van der Waals surface area contributed by atoms with Crippen molar-refractivity contribution in [3.8, 4) is 16.9 Å². The smallest absolute Gasteiger partial charge is 0.224 e. The molecule has 0 spiro atoms. The van der Waals surface area contributed by atoms with Gasteiger partial charge in [0.15, 0.2) is 5.16 Å². The van der Waals surface area contributed by atoms with E-state index in [0.29, 0.717) is 17.9 Å². The number of hydrogen-bond donors (Lipinski definition) is 1. The minimum Gasteiger partial charge on any atom is -0.326 e. The Kier molecular flexibility index (Phi) is 7.19. The van der Waals surface area contributed by atoms with Gasteiger partial charge in [0.05, 0.1) is 11.9 Å². The van der Waals surface area contributed by atoms with Gasteiger partial charge in [0.25, 0.3) is 0 Å². The molecule has 32 heavy (non-hydrogen) atoms. The number of amides is 1. The van der Waals surface area contributed by atoms with Crippen molar-refractivity contribution in [2.75, 3.05) is 11.1 Å². The molecule has 0 aliphatic rings. The second-order valence-corrected chi connectivity index (χ2v) is 8.48. The number of hydrogen-bond acceptors (Lipinski definition) is 4. The molecule has 0 atom stereocenters. The van der Waals surface area contributed by atoms with Crippen molar-refractivity contribution in [3.05, 3.63) is 90.1 Å². The fourth-order valence-electron chi connectivity index (χ4n) is 3.16. The SMILES string of the molecule is O=C(CCCSc1ncc(-c2ccc(F)cc2)n1-c1ccc(Cl)cc1)Nc1ccncc1. The first kappa shape index (κ1) is 22.0. The number of carbonyl (C=O) groups excluding carboxylic acids is 1. The lowest BCUT2D eigenvalue weighted by Crippen LogP contribution is -2.11. The van der Waals surface area contributed by atoms with Gasteiger partial charge in [-0.1, -0.05) is 23.4 Å². The summed E-state index contributed by atoms with van der Waals surface area (Å²) < 4.78 is 15.4. The Morgan fingerprint density at radius 3 is 2.47 bits per heavy atom. The highest BCUT2D eigenvalue weighted by Gasteiger charge is 2.15. The number of pyridine rings is 1. The highest BCUT2D eigenvalue weighted by molar-refractivity contribution is 7.99. The van der Waals surface area contributed by atoms with Crippen LogP contribution in [-0.2, 0) is 4.79 Å². The third-order valence-electron chi connectivity index (χ3n) is 4.70. The van der Waals surface area contributed by atoms with Crippen molar-refractivity contribution in [1.82, 2.24) is 14.5 Å². The number of nitrogens with zero attached hydrogens (tertiary/aromatic N) is 3. The van der Waals surface area contributed by atoms with Gasteiger partial charge in [0.2, 0.25) is 5.91 Å². The highest BCUT2D eigenvalue weighted by Crippen LogP contribution is 2.31. The average molecular weight is 467 g/mol. The highest BCUT2D eigenvalue weighted by atomic mass is 35.5. The second-order valence-electron chi connectivity index (χ2n) is 6.98. The van der Waals surface area contributed by atoms with Crippen LogP contribution in [-0.4, -0.2) is 26.2 Å². The third-order valence-corrected chi connectivity index (χ3v) is 5.99. The summed E-state index contributed by atoms with van der Waals surface area (Å²) in [6, 6.07) is 17.3. The Labute approximate surface area is 194 Å². The molecule has 0 saturated heterocycles. The third kappa shape index (κ3) is 5.55. The zero-order valence-electron chi connectivity index (χ0n) is 17.0. The summed E-state index contributed by atoms with van der Waals surface area (Å²) in [5.41, 5.74) is 3.35. The van der Waals surface area contributed by atoms with Crippen molar-refractivity contribution in [3.63, 3.8) is 0 Å². The van der Waals surface area contributed by atoms with E-state index in [1.54, 1.807) is 54.6 Å². The first-order valence-electron chi connectivity index (χ1n) is 10.0. The van der Waals surface area contributed by atoms with Gasteiger partial charge in [-0.15, -0.1) is 0 Å². The van der Waals surface area contributed by atoms with E-state index in [1.807, 2.05) is 28.8 Å². The van der Waals surface area contributed by atoms with Gasteiger partial charge in [-0.25, -0.2) is 9.37 Å². The number of carbonyl (C=O) groups is 1. The second kappa shape index (κ2) is 10.4. The Bertz CT molecular complexity index is 1180. The van der Waals surface area contributed by atoms with Crippen LogP contribution >= 0.6 is 23.4 Å². The number of halogens is 2. The first-order valence-corrected chi connectivity index (χ1v) is 11.4. The molecule has 4 rings (SSSR count). The van der Waals surface area contributed by atoms with Crippen molar-refractivity contribution >= 4 is 35.0 Å². The lowest BCUT2D eigenvalue weighted by Gasteiger charge is -2.12. The maximum Gasteiger partial charge on any atom is 0.224 e. The number of nitrogens with one attached hydrogen (secondary N) is 1. The fraction of sp³-hybridized carbons (Fsp3) is 0.125. The van der Waals surface area contributed by atoms with Crippen molar-refractivity contribution in [2.24, 2.45) is 0 Å². The van der Waals surface area contributed by atoms with Crippen molar-refractivity contribution in [2.45, 2.75) is 18.0 Å². The van der Waals surface area contributed by atoms with E-state index in [2.05, 4.69) is 15.3 Å². The van der Waals surface area contributed by atoms with Gasteiger partial charge in [-0.2, -0.15) is 0 Å². The monoisotopic (exact) mass is 466 g/mol. The van der Waals surface area contributed by atoms with Crippen LogP contribution in [0, 0.1) is 5.82 Å². The summed E-state index contributed by atoms with van der Waals surface area (Å²) >= 11 is 7.63. The van der Waals surface area contributed by atoms with E-state index in [0.717, 1.165) is 33.5 Å². The van der Waals surface area contributed by atoms with Gasteiger partial charge >= 0.3 is 0 Å². The molecule has 2 heterocycles. The molecule has 8 heteroatoms. The molecule has 5 nitrogen and oxygen atoms in total. The predicted molar refractivity (Wildman–Crippen MR) is 127 cm³/mol. The van der Waals surface area contributed by atoms with E-state index in [-0.39, 0.29) is 11.7 Å². The topological polar surface area (TPSA) is 59.8 Å². The molecule has 0 saturated carbocycles. The Morgan fingerprint density at radius 2 is 1.75 bits per heavy atom. The van der Waals surface area contributed by atoms with Gasteiger partial charge in [-0.05, 0) is 67.1 Å². The van der Waals surface area contributed by atoms with Crippen LogP contribution in [0.4, 0.5) is 10.1 Å². The summed E-state index contributed by atoms with van der Waals surface area (Å²) in [5, 5.41) is 4.30. The molecule has 0 radical (unpaired) electrons. The molecule has 0 unspecified atom stereocenters. The molecular formula is C24H20ClFN4OS. The summed E-state index contributed by atoms with van der Waals surface area (Å²) in [5.74, 6) is 0.396. The van der Waals surface area contributed by atoms with Crippen LogP contribution in [0.25, 0.3) is 16.9 Å². The number of imidazole rings is 1. The molecular weight excluding hydrogens is 447 g/mol. The summed E-state index contributed by atoms with van der Waals surface area (Å²) in [7, 11) is 0. The van der Waals surface area contributed by atoms with Crippen molar-refractivity contribution < 1.29 is 9.18 Å². The van der Waals surface area contributed by atoms with Crippen LogP contribution in [0.3, 0.4) is 0 Å². The van der Waals surface area contributed by atoms with E-state index < -0.39 is 0 Å². The molecule has 0 bridgehead atoms. The van der Waals surface area contributed by atoms with Crippen LogP contribution in [0.5, 0.6) is 0 Å². The number of thioether (sulfide) groups is 1. The van der Waals surface area contributed by atoms with Crippen LogP contribution in [0.2, 0.25) is 5.02 Å². The first-order chi connectivity index (χ1) is 15.6. The Morgan fingerprint density at radius 1 is 1.03 bits per heavy atom. The van der Waals surface area contributed by atoms with E-state index >= 15 is 0 Å². The maximum absolute atomic E-state index is 13.4. The minimum atomic E-state index is -0.286. The van der Waals surface area contributed by atoms with E-state index in [4.69, 9.17) is 11.6 Å². The van der Waals surface area contributed by atoms with E-state index in [9.17, 15) is 9.18 Å². The molecule has 1 amide bonds. The molecule has 0 aliphatic heterocycles. The summed E-state index contributed by atoms with van der Waals surface area (Å²) in [6.45, 7) is 0. The predicted octanol–water partition coefficient (Wildman–Crippen LogP) is 6.24. The normalized spacial score (nSPS) is 10.8. The maximum atomic E-state index is 13.4. The molecule has 1 N–H and O–H groups in total. The van der Waals surface area contributed by atoms with Gasteiger partial charge in [0, 0.05) is 46.5 Å². The van der Waals surface area contributed by atoms with Crippen molar-refractivity contribution in [1.29, 1.82) is 0 Å². The van der Waals surface area contributed by atoms with Gasteiger partial charge < -0.3 is 5.32 Å². The lowest BCUT2D eigenvalue weighted by molar-refractivity contribution is -0.116. The molecule has 4 aromatic rings. The zero-order chi connectivity index (χ0) is 22.3. The lowest BCUT2D eigenvalue weighted by atomic mass is 10.1. The summed E-state index contributed by atoms with van der Waals surface area (Å²) in [6.07, 6.45) is 6.16. The molecule has 162 valence electrons. The molecule has 0 fully saturated rings. The minimum absolute atomic E-state index is 0.0372. The Balaban J connectivity index is 1.46. The quantitative estimate of drug-likeness (QED) is 0.247. The van der Waals surface area contributed by atoms with Crippen LogP contribution in [0.15, 0.2) is 84.4 Å². The number of benzene rings is 2. The van der Waals surface area contributed by atoms with Gasteiger partial charge in [-0.3, -0.25) is 14.3 Å². The molecule has 2 aromatic heterocycles. The zero-order valence-corrected chi connectivity index (χ0v) is 18.6. The van der Waals surface area contributed by atoms with E-state index in [1.165, 1.54) is 12.1 Å². The largest absolute Gasteiger partial charge is 0.326 e. The average Bonchev–Trinajstić information content (AvgIpc) is 3.22. The molecule has 2 aromatic carbocycles. The number of anilines is 1.